The second-order valence-corrected chi connectivity index (χ2v) is 6.72. The molecule has 1 fully saturated rings. The maximum Gasteiger partial charge on any atom is 0.150 e. The molecule has 1 atom stereocenters. The maximum absolute atomic E-state index is 11.3. The Kier molecular flexibility index (Phi) is 3.67. The Labute approximate surface area is 106 Å². The van der Waals surface area contributed by atoms with Gasteiger partial charge in [0.25, 0.3) is 0 Å². The highest BCUT2D eigenvalue weighted by molar-refractivity contribution is 7.91. The van der Waals surface area contributed by atoms with Crippen LogP contribution in [-0.2, 0) is 9.84 Å². The van der Waals surface area contributed by atoms with Crippen LogP contribution in [-0.4, -0.2) is 36.4 Å². The van der Waals surface area contributed by atoms with Crippen LogP contribution < -0.4 is 16.6 Å². The Morgan fingerprint density at radius 3 is 2.78 bits per heavy atom. The molecule has 0 radical (unpaired) electrons. The fraction of sp³-hybridized carbons (Fsp3) is 0.600. The first-order chi connectivity index (χ1) is 8.52. The van der Waals surface area contributed by atoms with E-state index in [1.54, 1.807) is 0 Å². The minimum absolute atomic E-state index is 0.152. The van der Waals surface area contributed by atoms with Crippen molar-refractivity contribution >= 4 is 21.5 Å². The Balaban J connectivity index is 1.99. The number of hydrogen-bond donors (Lipinski definition) is 3. The number of nitrogens with two attached hydrogens (primary N) is 1. The van der Waals surface area contributed by atoms with E-state index in [-0.39, 0.29) is 17.4 Å². The van der Waals surface area contributed by atoms with Crippen LogP contribution in [0.5, 0.6) is 0 Å². The fourth-order valence-electron chi connectivity index (χ4n) is 2.05. The molecule has 8 heteroatoms. The second-order valence-electron chi connectivity index (χ2n) is 4.49. The van der Waals surface area contributed by atoms with Gasteiger partial charge in [0.2, 0.25) is 0 Å². The van der Waals surface area contributed by atoms with Crippen LogP contribution in [0.4, 0.5) is 11.6 Å². The van der Waals surface area contributed by atoms with Gasteiger partial charge in [-0.15, -0.1) is 0 Å². The zero-order valence-corrected chi connectivity index (χ0v) is 11.0. The van der Waals surface area contributed by atoms with E-state index < -0.39 is 9.84 Å². The lowest BCUT2D eigenvalue weighted by atomic mass is 10.1. The summed E-state index contributed by atoms with van der Waals surface area (Å²) in [6.45, 7) is 2.45. The van der Waals surface area contributed by atoms with E-state index in [1.807, 2.05) is 6.92 Å². The molecule has 2 heterocycles. The van der Waals surface area contributed by atoms with Crippen LogP contribution >= 0.6 is 0 Å². The van der Waals surface area contributed by atoms with Crippen LogP contribution in [0.15, 0.2) is 6.33 Å². The molecule has 0 aliphatic carbocycles. The van der Waals surface area contributed by atoms with Gasteiger partial charge in [-0.2, -0.15) is 0 Å². The summed E-state index contributed by atoms with van der Waals surface area (Å²) in [6, 6.07) is 0. The van der Waals surface area contributed by atoms with Crippen molar-refractivity contribution in [1.82, 2.24) is 9.97 Å². The number of nitrogens with one attached hydrogen (secondary N) is 2. The van der Waals surface area contributed by atoms with Gasteiger partial charge >= 0.3 is 0 Å². The quantitative estimate of drug-likeness (QED) is 0.519. The van der Waals surface area contributed by atoms with E-state index in [4.69, 9.17) is 5.84 Å². The average Bonchev–Trinajstić information content (AvgIpc) is 2.68. The number of nitrogen functional groups attached to an aromatic ring is 1. The third kappa shape index (κ3) is 2.88. The van der Waals surface area contributed by atoms with E-state index in [9.17, 15) is 8.42 Å². The number of rotatable bonds is 4. The standard InChI is InChI=1S/C10H17N5O2S/c1-7-9(13-6-14-10(7)15-11)12-4-8-2-3-18(16,17)5-8/h6,8H,2-5,11H2,1H3,(H2,12,13,14,15). The molecule has 1 aliphatic rings. The molecule has 0 amide bonds. The summed E-state index contributed by atoms with van der Waals surface area (Å²) < 4.78 is 22.7. The van der Waals surface area contributed by atoms with Crippen molar-refractivity contribution < 1.29 is 8.42 Å². The highest BCUT2D eigenvalue weighted by Crippen LogP contribution is 2.21. The minimum Gasteiger partial charge on any atom is -0.369 e. The molecule has 1 aliphatic heterocycles. The third-order valence-electron chi connectivity index (χ3n) is 3.11. The molecule has 1 aromatic rings. The largest absolute Gasteiger partial charge is 0.369 e. The normalized spacial score (nSPS) is 21.8. The van der Waals surface area contributed by atoms with Crippen LogP contribution in [0.25, 0.3) is 0 Å². The molecule has 1 unspecified atom stereocenters. The zero-order valence-electron chi connectivity index (χ0n) is 10.2. The molecular formula is C10H17N5O2S. The number of aromatic nitrogens is 2. The highest BCUT2D eigenvalue weighted by Gasteiger charge is 2.27. The van der Waals surface area contributed by atoms with Gasteiger partial charge in [0.15, 0.2) is 9.84 Å². The van der Waals surface area contributed by atoms with Gasteiger partial charge in [-0.1, -0.05) is 0 Å². The summed E-state index contributed by atoms with van der Waals surface area (Å²) in [7, 11) is -2.83. The van der Waals surface area contributed by atoms with Crippen molar-refractivity contribution in [3.05, 3.63) is 11.9 Å². The topological polar surface area (TPSA) is 110 Å². The van der Waals surface area contributed by atoms with Crippen molar-refractivity contribution in [3.63, 3.8) is 0 Å². The smallest absolute Gasteiger partial charge is 0.150 e. The average molecular weight is 271 g/mol. The van der Waals surface area contributed by atoms with Gasteiger partial charge in [0, 0.05) is 12.1 Å². The predicted octanol–water partition coefficient (Wildman–Crippen LogP) is -0.0828. The lowest BCUT2D eigenvalue weighted by Crippen LogP contribution is -2.18. The summed E-state index contributed by atoms with van der Waals surface area (Å²) in [5.74, 6) is 7.27. The first kappa shape index (κ1) is 13.0. The van der Waals surface area contributed by atoms with E-state index >= 15 is 0 Å². The van der Waals surface area contributed by atoms with E-state index in [0.717, 1.165) is 5.56 Å². The van der Waals surface area contributed by atoms with Crippen molar-refractivity contribution in [2.24, 2.45) is 11.8 Å². The number of nitrogens with zero attached hydrogens (tertiary/aromatic N) is 2. The molecule has 2 rings (SSSR count). The molecule has 0 aromatic carbocycles. The SMILES string of the molecule is Cc1c(NN)ncnc1NCC1CCS(=O)(=O)C1. The van der Waals surface area contributed by atoms with Crippen molar-refractivity contribution in [3.8, 4) is 0 Å². The summed E-state index contributed by atoms with van der Waals surface area (Å²) in [6.07, 6.45) is 2.12. The van der Waals surface area contributed by atoms with Crippen molar-refractivity contribution in [2.45, 2.75) is 13.3 Å². The summed E-state index contributed by atoms with van der Waals surface area (Å²) in [5, 5.41) is 3.16. The Hall–Kier alpha value is -1.41. The molecule has 4 N–H and O–H groups in total. The van der Waals surface area contributed by atoms with Gasteiger partial charge < -0.3 is 10.7 Å². The molecule has 1 aromatic heterocycles. The van der Waals surface area contributed by atoms with Gasteiger partial charge in [-0.25, -0.2) is 24.2 Å². The number of hydrogen-bond acceptors (Lipinski definition) is 7. The van der Waals surface area contributed by atoms with Crippen LogP contribution in [0.2, 0.25) is 0 Å². The molecule has 0 saturated carbocycles. The Bertz CT molecular complexity index is 531. The summed E-state index contributed by atoms with van der Waals surface area (Å²) in [4.78, 5) is 8.09. The number of anilines is 2. The van der Waals surface area contributed by atoms with Gasteiger partial charge in [-0.05, 0) is 19.3 Å². The predicted molar refractivity (Wildman–Crippen MR) is 69.8 cm³/mol. The highest BCUT2D eigenvalue weighted by atomic mass is 32.2. The number of hydrazine groups is 1. The first-order valence-corrected chi connectivity index (χ1v) is 7.56. The fourth-order valence-corrected chi connectivity index (χ4v) is 3.91. The maximum atomic E-state index is 11.3. The Morgan fingerprint density at radius 2 is 2.17 bits per heavy atom. The van der Waals surface area contributed by atoms with Gasteiger partial charge in [-0.3, -0.25) is 0 Å². The third-order valence-corrected chi connectivity index (χ3v) is 4.94. The van der Waals surface area contributed by atoms with Crippen LogP contribution in [0.1, 0.15) is 12.0 Å². The lowest BCUT2D eigenvalue weighted by molar-refractivity contribution is 0.595. The molecule has 7 nitrogen and oxygen atoms in total. The lowest BCUT2D eigenvalue weighted by Gasteiger charge is -2.13. The van der Waals surface area contributed by atoms with Crippen molar-refractivity contribution in [2.75, 3.05) is 28.8 Å². The minimum atomic E-state index is -2.83. The zero-order chi connectivity index (χ0) is 13.2. The number of sulfone groups is 1. The molecule has 18 heavy (non-hydrogen) atoms. The van der Waals surface area contributed by atoms with E-state index in [2.05, 4.69) is 20.7 Å². The molecule has 0 spiro atoms. The van der Waals surface area contributed by atoms with E-state index in [0.29, 0.717) is 24.6 Å². The molecular weight excluding hydrogens is 254 g/mol. The van der Waals surface area contributed by atoms with Crippen LogP contribution in [0.3, 0.4) is 0 Å². The first-order valence-electron chi connectivity index (χ1n) is 5.74. The van der Waals surface area contributed by atoms with Gasteiger partial charge in [0.1, 0.15) is 18.0 Å². The molecule has 1 saturated heterocycles. The second kappa shape index (κ2) is 5.07. The Morgan fingerprint density at radius 1 is 1.44 bits per heavy atom. The van der Waals surface area contributed by atoms with Gasteiger partial charge in [0.05, 0.1) is 11.5 Å². The van der Waals surface area contributed by atoms with Crippen LogP contribution in [0, 0.1) is 12.8 Å². The summed E-state index contributed by atoms with van der Waals surface area (Å²) in [5.41, 5.74) is 3.31. The molecule has 0 bridgehead atoms. The van der Waals surface area contributed by atoms with Crippen molar-refractivity contribution in [1.29, 1.82) is 0 Å². The summed E-state index contributed by atoms with van der Waals surface area (Å²) >= 11 is 0. The monoisotopic (exact) mass is 271 g/mol. The van der Waals surface area contributed by atoms with E-state index in [1.165, 1.54) is 6.33 Å². The molecule has 100 valence electrons.